The molecule has 0 aliphatic heterocycles. The van der Waals surface area contributed by atoms with E-state index < -0.39 is 5.97 Å². The Bertz CT molecular complexity index is 253. The first-order valence-electron chi connectivity index (χ1n) is 6.90. The minimum Gasteiger partial charge on any atom is -0.481 e. The van der Waals surface area contributed by atoms with Gasteiger partial charge in [0.25, 0.3) is 0 Å². The van der Waals surface area contributed by atoms with Crippen molar-refractivity contribution in [2.24, 2.45) is 17.3 Å². The lowest BCUT2D eigenvalue weighted by molar-refractivity contribution is -0.158. The van der Waals surface area contributed by atoms with Crippen LogP contribution in [0.1, 0.15) is 64.7 Å². The fraction of sp³-hybridized carbons (Fsp3) is 0.929. The highest BCUT2D eigenvalue weighted by molar-refractivity contribution is 5.75. The highest BCUT2D eigenvalue weighted by Crippen LogP contribution is 2.50. The van der Waals surface area contributed by atoms with E-state index >= 15 is 0 Å². The molecule has 2 fully saturated rings. The van der Waals surface area contributed by atoms with Gasteiger partial charge in [-0.2, -0.15) is 0 Å². The van der Waals surface area contributed by atoms with Crippen LogP contribution in [0.2, 0.25) is 0 Å². The predicted molar refractivity (Wildman–Crippen MR) is 64.3 cm³/mol. The summed E-state index contributed by atoms with van der Waals surface area (Å²) in [4.78, 5) is 11.7. The summed E-state index contributed by atoms with van der Waals surface area (Å²) >= 11 is 0. The van der Waals surface area contributed by atoms with Crippen molar-refractivity contribution in [1.82, 2.24) is 0 Å². The maximum Gasteiger partial charge on any atom is 0.309 e. The third-order valence-electron chi connectivity index (χ3n) is 4.99. The lowest BCUT2D eigenvalue weighted by Crippen LogP contribution is -2.44. The number of aliphatic carboxylic acids is 1. The fourth-order valence-electron chi connectivity index (χ4n) is 4.06. The number of hydrogen-bond donors (Lipinski definition) is 1. The Morgan fingerprint density at radius 1 is 1.06 bits per heavy atom. The molecule has 2 nitrogen and oxygen atoms in total. The molecule has 16 heavy (non-hydrogen) atoms. The maximum absolute atomic E-state index is 11.7. The molecule has 1 N–H and O–H groups in total. The van der Waals surface area contributed by atoms with Crippen molar-refractivity contribution in [3.8, 4) is 0 Å². The SMILES string of the molecule is CC1CCCCC1C1(C(=O)O)CCCCC1. The summed E-state index contributed by atoms with van der Waals surface area (Å²) in [5.41, 5.74) is -0.363. The first kappa shape index (κ1) is 11.9. The molecule has 2 rings (SSSR count). The van der Waals surface area contributed by atoms with Crippen LogP contribution in [0.5, 0.6) is 0 Å². The summed E-state index contributed by atoms with van der Waals surface area (Å²) in [5.74, 6) is 0.549. The molecule has 0 aromatic heterocycles. The number of carbonyl (C=O) groups is 1. The topological polar surface area (TPSA) is 37.3 Å². The van der Waals surface area contributed by atoms with Crippen LogP contribution < -0.4 is 0 Å². The van der Waals surface area contributed by atoms with Gasteiger partial charge in [0.15, 0.2) is 0 Å². The van der Waals surface area contributed by atoms with Crippen molar-refractivity contribution in [2.45, 2.75) is 64.7 Å². The Hall–Kier alpha value is -0.530. The van der Waals surface area contributed by atoms with E-state index in [0.29, 0.717) is 11.8 Å². The molecule has 0 aromatic carbocycles. The summed E-state index contributed by atoms with van der Waals surface area (Å²) in [6, 6.07) is 0. The smallest absolute Gasteiger partial charge is 0.309 e. The number of rotatable bonds is 2. The second-order valence-electron chi connectivity index (χ2n) is 5.89. The average molecular weight is 224 g/mol. The molecule has 92 valence electrons. The van der Waals surface area contributed by atoms with Gasteiger partial charge in [-0.05, 0) is 31.1 Å². The molecule has 0 radical (unpaired) electrons. The highest BCUT2D eigenvalue weighted by Gasteiger charge is 2.48. The van der Waals surface area contributed by atoms with E-state index in [1.165, 1.54) is 25.7 Å². The van der Waals surface area contributed by atoms with E-state index in [9.17, 15) is 9.90 Å². The van der Waals surface area contributed by atoms with E-state index in [1.807, 2.05) is 0 Å². The molecule has 2 unspecified atom stereocenters. The molecule has 2 aliphatic rings. The summed E-state index contributed by atoms with van der Waals surface area (Å²) in [6.07, 6.45) is 10.3. The fourth-order valence-corrected chi connectivity index (χ4v) is 4.06. The van der Waals surface area contributed by atoms with Crippen molar-refractivity contribution >= 4 is 5.97 Å². The van der Waals surface area contributed by atoms with Gasteiger partial charge < -0.3 is 5.11 Å². The summed E-state index contributed by atoms with van der Waals surface area (Å²) in [7, 11) is 0. The molecule has 2 aliphatic carbocycles. The molecular weight excluding hydrogens is 200 g/mol. The van der Waals surface area contributed by atoms with E-state index in [4.69, 9.17) is 0 Å². The van der Waals surface area contributed by atoms with Crippen molar-refractivity contribution in [3.05, 3.63) is 0 Å². The standard InChI is InChI=1S/C14H24O2/c1-11-7-3-4-8-12(11)14(13(15)16)9-5-2-6-10-14/h11-12H,2-10H2,1H3,(H,15,16). The van der Waals surface area contributed by atoms with Crippen LogP contribution in [0.4, 0.5) is 0 Å². The lowest BCUT2D eigenvalue weighted by Gasteiger charge is -2.45. The van der Waals surface area contributed by atoms with E-state index in [1.54, 1.807) is 0 Å². The van der Waals surface area contributed by atoms with Crippen molar-refractivity contribution in [1.29, 1.82) is 0 Å². The first-order chi connectivity index (χ1) is 7.67. The van der Waals surface area contributed by atoms with Gasteiger partial charge in [-0.25, -0.2) is 0 Å². The third-order valence-corrected chi connectivity index (χ3v) is 4.99. The minimum absolute atomic E-state index is 0.363. The molecule has 0 spiro atoms. The Kier molecular flexibility index (Phi) is 3.56. The first-order valence-corrected chi connectivity index (χ1v) is 6.90. The van der Waals surface area contributed by atoms with Crippen LogP contribution in [-0.2, 0) is 4.79 Å². The molecule has 0 amide bonds. The molecule has 2 heteroatoms. The number of carboxylic acid groups (broad SMARTS) is 1. The minimum atomic E-state index is -0.508. The summed E-state index contributed by atoms with van der Waals surface area (Å²) in [5, 5.41) is 9.66. The third kappa shape index (κ3) is 1.99. The van der Waals surface area contributed by atoms with Gasteiger partial charge in [-0.15, -0.1) is 0 Å². The summed E-state index contributed by atoms with van der Waals surface area (Å²) in [6.45, 7) is 2.27. The molecule has 2 atom stereocenters. The van der Waals surface area contributed by atoms with Gasteiger partial charge in [0, 0.05) is 0 Å². The Balaban J connectivity index is 2.19. The zero-order valence-corrected chi connectivity index (χ0v) is 10.4. The second kappa shape index (κ2) is 4.77. The molecule has 0 aromatic rings. The molecule has 2 saturated carbocycles. The maximum atomic E-state index is 11.7. The molecule has 0 bridgehead atoms. The Morgan fingerprint density at radius 2 is 1.69 bits per heavy atom. The van der Waals surface area contributed by atoms with Crippen LogP contribution in [0.3, 0.4) is 0 Å². The van der Waals surface area contributed by atoms with Crippen molar-refractivity contribution < 1.29 is 9.90 Å². The average Bonchev–Trinajstić information content (AvgIpc) is 2.30. The van der Waals surface area contributed by atoms with Crippen LogP contribution in [-0.4, -0.2) is 11.1 Å². The van der Waals surface area contributed by atoms with Crippen LogP contribution in [0, 0.1) is 17.3 Å². The molecule has 0 heterocycles. The second-order valence-corrected chi connectivity index (χ2v) is 5.89. The zero-order valence-electron chi connectivity index (χ0n) is 10.4. The number of carboxylic acids is 1. The predicted octanol–water partition coefficient (Wildman–Crippen LogP) is 3.85. The van der Waals surface area contributed by atoms with E-state index in [2.05, 4.69) is 6.92 Å². The molecule has 0 saturated heterocycles. The van der Waals surface area contributed by atoms with E-state index in [-0.39, 0.29) is 5.41 Å². The van der Waals surface area contributed by atoms with Crippen molar-refractivity contribution in [3.63, 3.8) is 0 Å². The Labute approximate surface area is 98.4 Å². The van der Waals surface area contributed by atoms with Gasteiger partial charge in [0.1, 0.15) is 0 Å². The van der Waals surface area contributed by atoms with Crippen LogP contribution >= 0.6 is 0 Å². The van der Waals surface area contributed by atoms with E-state index in [0.717, 1.165) is 32.1 Å². The van der Waals surface area contributed by atoms with Crippen LogP contribution in [0.25, 0.3) is 0 Å². The van der Waals surface area contributed by atoms with Gasteiger partial charge in [0.05, 0.1) is 5.41 Å². The quantitative estimate of drug-likeness (QED) is 0.773. The molecular formula is C14H24O2. The largest absolute Gasteiger partial charge is 0.481 e. The Morgan fingerprint density at radius 3 is 2.25 bits per heavy atom. The van der Waals surface area contributed by atoms with Crippen LogP contribution in [0.15, 0.2) is 0 Å². The van der Waals surface area contributed by atoms with Gasteiger partial charge in [-0.3, -0.25) is 4.79 Å². The lowest BCUT2D eigenvalue weighted by atomic mass is 9.58. The highest BCUT2D eigenvalue weighted by atomic mass is 16.4. The van der Waals surface area contributed by atoms with Gasteiger partial charge in [0.2, 0.25) is 0 Å². The van der Waals surface area contributed by atoms with Gasteiger partial charge >= 0.3 is 5.97 Å². The summed E-state index contributed by atoms with van der Waals surface area (Å²) < 4.78 is 0. The van der Waals surface area contributed by atoms with Gasteiger partial charge in [-0.1, -0.05) is 45.4 Å². The monoisotopic (exact) mass is 224 g/mol. The number of hydrogen-bond acceptors (Lipinski definition) is 1. The zero-order chi connectivity index (χ0) is 11.6. The van der Waals surface area contributed by atoms with Crippen molar-refractivity contribution in [2.75, 3.05) is 0 Å². The normalized spacial score (nSPS) is 34.6.